The third-order valence-electron chi connectivity index (χ3n) is 5.46. The molecule has 0 aliphatic carbocycles. The summed E-state index contributed by atoms with van der Waals surface area (Å²) >= 11 is 1.65. The molecule has 146 valence electrons. The molecule has 4 aromatic rings. The number of likely N-dealkylation sites (tertiary alicyclic amines) is 1. The number of aryl methyl sites for hydroxylation is 1. The number of carbonyl (C=O) groups excluding carboxylic acids is 1. The highest BCUT2D eigenvalue weighted by molar-refractivity contribution is 7.15. The van der Waals surface area contributed by atoms with Gasteiger partial charge in [0.25, 0.3) is 0 Å². The van der Waals surface area contributed by atoms with Crippen LogP contribution in [0.5, 0.6) is 0 Å². The fourth-order valence-electron chi connectivity index (χ4n) is 4.13. The Morgan fingerprint density at radius 2 is 1.93 bits per heavy atom. The van der Waals surface area contributed by atoms with Crippen LogP contribution in [0.15, 0.2) is 54.6 Å². The summed E-state index contributed by atoms with van der Waals surface area (Å²) in [4.78, 5) is 29.2. The molecule has 0 bridgehead atoms. The van der Waals surface area contributed by atoms with Gasteiger partial charge >= 0.3 is 0 Å². The predicted molar refractivity (Wildman–Crippen MR) is 116 cm³/mol. The van der Waals surface area contributed by atoms with E-state index >= 15 is 0 Å². The van der Waals surface area contributed by atoms with Crippen molar-refractivity contribution in [2.24, 2.45) is 0 Å². The Labute approximate surface area is 173 Å². The lowest BCUT2D eigenvalue weighted by atomic mass is 10.1. The number of para-hydroxylation sites is 2. The second-order valence-electron chi connectivity index (χ2n) is 7.44. The molecular weight excluding hydrogens is 380 g/mol. The summed E-state index contributed by atoms with van der Waals surface area (Å²) < 4.78 is 0. The lowest BCUT2D eigenvalue weighted by molar-refractivity contribution is -0.131. The maximum Gasteiger partial charge on any atom is 0.229 e. The van der Waals surface area contributed by atoms with Crippen molar-refractivity contribution in [3.05, 3.63) is 71.1 Å². The van der Waals surface area contributed by atoms with Crippen LogP contribution in [0, 0.1) is 6.92 Å². The molecule has 1 atom stereocenters. The number of H-pyrrole nitrogens is 1. The van der Waals surface area contributed by atoms with Gasteiger partial charge < -0.3 is 9.88 Å². The molecule has 0 unspecified atom stereocenters. The predicted octanol–water partition coefficient (Wildman–Crippen LogP) is 4.90. The molecule has 0 saturated carbocycles. The number of hydrogen-bond acceptors (Lipinski definition) is 4. The first kappa shape index (κ1) is 18.1. The van der Waals surface area contributed by atoms with Crippen LogP contribution in [0.4, 0.5) is 0 Å². The SMILES string of the molecule is Cc1nc(CC(=O)N2CCC[C@@H]2c2nc3ccccc3[nH]2)c(-c2ccccc2)s1. The first-order valence-electron chi connectivity index (χ1n) is 9.95. The van der Waals surface area contributed by atoms with Gasteiger partial charge in [-0.05, 0) is 37.5 Å². The molecule has 1 amide bonds. The molecule has 2 aromatic heterocycles. The molecule has 1 aliphatic heterocycles. The van der Waals surface area contributed by atoms with Crippen molar-refractivity contribution < 1.29 is 4.79 Å². The highest BCUT2D eigenvalue weighted by Crippen LogP contribution is 2.34. The van der Waals surface area contributed by atoms with Gasteiger partial charge in [-0.1, -0.05) is 42.5 Å². The molecule has 2 aromatic carbocycles. The number of hydrogen-bond donors (Lipinski definition) is 1. The van der Waals surface area contributed by atoms with E-state index in [1.807, 2.05) is 54.3 Å². The average molecular weight is 403 g/mol. The molecule has 0 spiro atoms. The third-order valence-corrected chi connectivity index (χ3v) is 6.52. The highest BCUT2D eigenvalue weighted by atomic mass is 32.1. The van der Waals surface area contributed by atoms with E-state index in [-0.39, 0.29) is 11.9 Å². The Balaban J connectivity index is 1.41. The van der Waals surface area contributed by atoms with Gasteiger partial charge in [0.2, 0.25) is 5.91 Å². The maximum atomic E-state index is 13.3. The van der Waals surface area contributed by atoms with E-state index in [1.54, 1.807) is 11.3 Å². The lowest BCUT2D eigenvalue weighted by Crippen LogP contribution is -2.32. The first-order valence-corrected chi connectivity index (χ1v) is 10.8. The van der Waals surface area contributed by atoms with Gasteiger partial charge in [0, 0.05) is 6.54 Å². The quantitative estimate of drug-likeness (QED) is 0.528. The number of aromatic amines is 1. The Bertz CT molecular complexity index is 1130. The monoisotopic (exact) mass is 402 g/mol. The van der Waals surface area contributed by atoms with Crippen molar-refractivity contribution in [2.45, 2.75) is 32.2 Å². The van der Waals surface area contributed by atoms with Gasteiger partial charge in [0.1, 0.15) is 5.82 Å². The highest BCUT2D eigenvalue weighted by Gasteiger charge is 2.32. The van der Waals surface area contributed by atoms with Crippen LogP contribution in [-0.4, -0.2) is 32.3 Å². The summed E-state index contributed by atoms with van der Waals surface area (Å²) in [6.45, 7) is 2.77. The summed E-state index contributed by atoms with van der Waals surface area (Å²) in [6.07, 6.45) is 2.26. The number of benzene rings is 2. The van der Waals surface area contributed by atoms with Gasteiger partial charge in [-0.2, -0.15) is 0 Å². The number of nitrogens with zero attached hydrogens (tertiary/aromatic N) is 3. The van der Waals surface area contributed by atoms with Crippen LogP contribution < -0.4 is 0 Å². The van der Waals surface area contributed by atoms with Gasteiger partial charge in [-0.3, -0.25) is 4.79 Å². The zero-order valence-electron chi connectivity index (χ0n) is 16.3. The summed E-state index contributed by atoms with van der Waals surface area (Å²) in [5.41, 5.74) is 3.96. The van der Waals surface area contributed by atoms with Crippen molar-refractivity contribution in [3.63, 3.8) is 0 Å². The summed E-state index contributed by atoms with van der Waals surface area (Å²) in [6, 6.07) is 18.2. The molecule has 5 nitrogen and oxygen atoms in total. The molecule has 6 heteroatoms. The largest absolute Gasteiger partial charge is 0.340 e. The fraction of sp³-hybridized carbons (Fsp3) is 0.261. The minimum atomic E-state index is 0.00908. The number of fused-ring (bicyclic) bond motifs is 1. The molecule has 3 heterocycles. The molecule has 1 aliphatic rings. The van der Waals surface area contributed by atoms with Crippen LogP contribution in [0.1, 0.15) is 35.4 Å². The van der Waals surface area contributed by atoms with Crippen molar-refractivity contribution in [3.8, 4) is 10.4 Å². The summed E-state index contributed by atoms with van der Waals surface area (Å²) in [7, 11) is 0. The normalized spacial score (nSPS) is 16.6. The van der Waals surface area contributed by atoms with Gasteiger partial charge in [0.15, 0.2) is 0 Å². The molecular formula is C23H22N4OS. The maximum absolute atomic E-state index is 13.3. The number of carbonyl (C=O) groups is 1. The number of imidazole rings is 1. The Morgan fingerprint density at radius 3 is 2.76 bits per heavy atom. The lowest BCUT2D eigenvalue weighted by Gasteiger charge is -2.23. The summed E-state index contributed by atoms with van der Waals surface area (Å²) in [5.74, 6) is 1.00. The van der Waals surface area contributed by atoms with Crippen LogP contribution in [0.2, 0.25) is 0 Å². The average Bonchev–Trinajstić information content (AvgIpc) is 3.46. The van der Waals surface area contributed by atoms with E-state index in [2.05, 4.69) is 22.1 Å². The Kier molecular flexibility index (Phi) is 4.64. The van der Waals surface area contributed by atoms with Gasteiger partial charge in [-0.15, -0.1) is 11.3 Å². The van der Waals surface area contributed by atoms with Crippen molar-refractivity contribution in [1.29, 1.82) is 0 Å². The number of aromatic nitrogens is 3. The number of rotatable bonds is 4. The van der Waals surface area contributed by atoms with E-state index < -0.39 is 0 Å². The number of thiazole rings is 1. The van der Waals surface area contributed by atoms with E-state index in [0.29, 0.717) is 6.42 Å². The molecule has 1 saturated heterocycles. The van der Waals surface area contributed by atoms with Crippen molar-refractivity contribution >= 4 is 28.3 Å². The Morgan fingerprint density at radius 1 is 1.14 bits per heavy atom. The van der Waals surface area contributed by atoms with Gasteiger partial charge in [0.05, 0.1) is 39.1 Å². The van der Waals surface area contributed by atoms with Crippen LogP contribution in [0.25, 0.3) is 21.5 Å². The van der Waals surface area contributed by atoms with Crippen molar-refractivity contribution in [1.82, 2.24) is 19.9 Å². The number of nitrogens with one attached hydrogen (secondary N) is 1. The van der Waals surface area contributed by atoms with E-state index in [0.717, 1.165) is 57.4 Å². The van der Waals surface area contributed by atoms with Crippen LogP contribution in [0.3, 0.4) is 0 Å². The molecule has 5 rings (SSSR count). The first-order chi connectivity index (χ1) is 14.2. The minimum Gasteiger partial charge on any atom is -0.340 e. The van der Waals surface area contributed by atoms with E-state index in [4.69, 9.17) is 4.98 Å². The molecule has 1 fully saturated rings. The number of amides is 1. The van der Waals surface area contributed by atoms with Crippen molar-refractivity contribution in [2.75, 3.05) is 6.54 Å². The fourth-order valence-corrected chi connectivity index (χ4v) is 5.07. The second kappa shape index (κ2) is 7.44. The standard InChI is InChI=1S/C23H22N4OS/c1-15-24-19(22(29-15)16-8-3-2-4-9-16)14-21(28)27-13-7-12-20(27)23-25-17-10-5-6-11-18(17)26-23/h2-6,8-11,20H,7,12-14H2,1H3,(H,25,26)/t20-/m1/s1. The van der Waals surface area contributed by atoms with Crippen LogP contribution in [-0.2, 0) is 11.2 Å². The van der Waals surface area contributed by atoms with Crippen LogP contribution >= 0.6 is 11.3 Å². The zero-order valence-corrected chi connectivity index (χ0v) is 17.1. The smallest absolute Gasteiger partial charge is 0.229 e. The van der Waals surface area contributed by atoms with Gasteiger partial charge in [-0.25, -0.2) is 9.97 Å². The van der Waals surface area contributed by atoms with E-state index in [9.17, 15) is 4.79 Å². The molecule has 29 heavy (non-hydrogen) atoms. The molecule has 1 N–H and O–H groups in total. The second-order valence-corrected chi connectivity index (χ2v) is 8.64. The van der Waals surface area contributed by atoms with E-state index in [1.165, 1.54) is 0 Å². The summed E-state index contributed by atoms with van der Waals surface area (Å²) in [5, 5.41) is 0.988. The molecule has 0 radical (unpaired) electrons. The minimum absolute atomic E-state index is 0.00908. The third kappa shape index (κ3) is 3.44. The zero-order chi connectivity index (χ0) is 19.8. The Hall–Kier alpha value is -2.99. The topological polar surface area (TPSA) is 61.9 Å².